The van der Waals surface area contributed by atoms with E-state index in [1.165, 1.54) is 0 Å². The van der Waals surface area contributed by atoms with Gasteiger partial charge >= 0.3 is 0 Å². The van der Waals surface area contributed by atoms with E-state index < -0.39 is 30.2 Å². The lowest BCUT2D eigenvalue weighted by Gasteiger charge is -2.52. The van der Waals surface area contributed by atoms with Crippen molar-refractivity contribution in [3.63, 3.8) is 0 Å². The molecule has 6 heteroatoms. The fourth-order valence-electron chi connectivity index (χ4n) is 5.70. The van der Waals surface area contributed by atoms with Crippen molar-refractivity contribution in [2.24, 2.45) is 0 Å². The number of hydrogen-bond acceptors (Lipinski definition) is 6. The van der Waals surface area contributed by atoms with Crippen LogP contribution >= 0.6 is 0 Å². The first-order chi connectivity index (χ1) is 21.8. The van der Waals surface area contributed by atoms with E-state index in [2.05, 4.69) is 54.6 Å². The zero-order valence-corrected chi connectivity index (χ0v) is 24.9. The van der Waals surface area contributed by atoms with Gasteiger partial charge in [-0.1, -0.05) is 127 Å². The lowest BCUT2D eigenvalue weighted by atomic mass is 9.90. The molecule has 6 nitrogen and oxygen atoms in total. The third kappa shape index (κ3) is 7.90. The minimum atomic E-state index is -1.15. The van der Waals surface area contributed by atoms with Crippen LogP contribution in [0, 0.1) is 0 Å². The van der Waals surface area contributed by atoms with E-state index in [0.29, 0.717) is 39.6 Å². The molecule has 0 aromatic heterocycles. The third-order valence-corrected chi connectivity index (χ3v) is 7.92. The van der Waals surface area contributed by atoms with Gasteiger partial charge < -0.3 is 28.4 Å². The van der Waals surface area contributed by atoms with Crippen LogP contribution in [0.3, 0.4) is 0 Å². The Hall–Kier alpha value is -3.62. The molecule has 0 saturated carbocycles. The fraction of sp³-hybridized carbons (Fsp3) is 0.316. The fourth-order valence-corrected chi connectivity index (χ4v) is 5.70. The van der Waals surface area contributed by atoms with Crippen LogP contribution in [0.5, 0.6) is 0 Å². The highest BCUT2D eigenvalue weighted by Crippen LogP contribution is 2.40. The Morgan fingerprint density at radius 1 is 0.568 bits per heavy atom. The van der Waals surface area contributed by atoms with E-state index in [-0.39, 0.29) is 0 Å². The average molecular weight is 593 g/mol. The van der Waals surface area contributed by atoms with Gasteiger partial charge in [0, 0.05) is 0 Å². The van der Waals surface area contributed by atoms with Crippen LogP contribution in [0.1, 0.15) is 28.7 Å². The van der Waals surface area contributed by atoms with Crippen molar-refractivity contribution >= 4 is 0 Å². The Morgan fingerprint density at radius 2 is 1.05 bits per heavy atom. The monoisotopic (exact) mass is 592 g/mol. The molecule has 6 rings (SSSR count). The molecule has 228 valence electrons. The van der Waals surface area contributed by atoms with Crippen LogP contribution in [0.15, 0.2) is 133 Å². The van der Waals surface area contributed by atoms with Gasteiger partial charge in [-0.2, -0.15) is 0 Å². The van der Waals surface area contributed by atoms with Gasteiger partial charge in [-0.3, -0.25) is 0 Å². The highest BCUT2D eigenvalue weighted by Gasteiger charge is 2.57. The highest BCUT2D eigenvalue weighted by atomic mass is 16.7. The van der Waals surface area contributed by atoms with Gasteiger partial charge in [0.1, 0.15) is 24.4 Å². The molecular formula is C38H40O6. The van der Waals surface area contributed by atoms with E-state index in [1.807, 2.05) is 78.9 Å². The first-order valence-electron chi connectivity index (χ1n) is 15.4. The molecule has 1 saturated heterocycles. The predicted octanol–water partition coefficient (Wildman–Crippen LogP) is 7.03. The molecule has 2 heterocycles. The molecule has 1 fully saturated rings. The van der Waals surface area contributed by atoms with Gasteiger partial charge in [-0.25, -0.2) is 0 Å². The minimum absolute atomic E-state index is 0.296. The van der Waals surface area contributed by atoms with E-state index in [0.717, 1.165) is 28.7 Å². The minimum Gasteiger partial charge on any atom is -0.374 e. The maximum Gasteiger partial charge on any atom is 0.218 e. The molecule has 1 unspecified atom stereocenters. The maximum absolute atomic E-state index is 6.87. The summed E-state index contributed by atoms with van der Waals surface area (Å²) >= 11 is 0. The summed E-state index contributed by atoms with van der Waals surface area (Å²) in [6.45, 7) is 2.42. The first kappa shape index (κ1) is 30.4. The Morgan fingerprint density at radius 3 is 1.55 bits per heavy atom. The zero-order valence-electron chi connectivity index (χ0n) is 24.9. The van der Waals surface area contributed by atoms with E-state index in [1.54, 1.807) is 0 Å². The molecule has 4 aromatic carbocycles. The number of rotatable bonds is 13. The molecule has 0 radical (unpaired) electrons. The Labute approximate surface area is 260 Å². The topological polar surface area (TPSA) is 55.4 Å². The van der Waals surface area contributed by atoms with Crippen LogP contribution in [-0.4, -0.2) is 43.4 Å². The van der Waals surface area contributed by atoms with Crippen molar-refractivity contribution < 1.29 is 28.4 Å². The van der Waals surface area contributed by atoms with Crippen LogP contribution in [0.4, 0.5) is 0 Å². The number of hydrogen-bond donors (Lipinski definition) is 0. The Kier molecular flexibility index (Phi) is 10.6. The van der Waals surface area contributed by atoms with Crippen LogP contribution in [0.2, 0.25) is 0 Å². The smallest absolute Gasteiger partial charge is 0.218 e. The second kappa shape index (κ2) is 15.4. The molecule has 5 atom stereocenters. The van der Waals surface area contributed by atoms with Crippen molar-refractivity contribution in [1.29, 1.82) is 0 Å². The maximum atomic E-state index is 6.87. The number of benzene rings is 4. The van der Waals surface area contributed by atoms with Gasteiger partial charge in [-0.15, -0.1) is 0 Å². The summed E-state index contributed by atoms with van der Waals surface area (Å²) in [4.78, 5) is 0. The normalized spacial score (nSPS) is 24.8. The first-order valence-corrected chi connectivity index (χ1v) is 15.4. The Bertz CT molecular complexity index is 1420. The van der Waals surface area contributed by atoms with E-state index in [4.69, 9.17) is 28.4 Å². The summed E-state index contributed by atoms with van der Waals surface area (Å²) in [5.41, 5.74) is 4.27. The molecule has 2 aliphatic heterocycles. The number of ether oxygens (including phenoxy) is 6. The standard InChI is InChI=1S/C38H40O6/c1-5-15-30(16-6-1)25-39-29-34-35(40-26-31-17-7-2-8-18-31)36(41-27-32-19-9-3-10-20-32)37(38(44-34)23-13-14-24-43-38)42-28-33-21-11-4-12-22-33/h1-13,15-23,34-37H,14,24-29H2/t34-,35+,36+,37-,38?/m1/s1. The average Bonchev–Trinajstić information content (AvgIpc) is 3.09. The largest absolute Gasteiger partial charge is 0.374 e. The van der Waals surface area contributed by atoms with Gasteiger partial charge in [0.15, 0.2) is 0 Å². The van der Waals surface area contributed by atoms with Crippen LogP contribution in [-0.2, 0) is 54.8 Å². The van der Waals surface area contributed by atoms with Gasteiger partial charge in [0.05, 0.1) is 39.6 Å². The van der Waals surface area contributed by atoms with Crippen molar-refractivity contribution in [2.75, 3.05) is 13.2 Å². The molecule has 2 aliphatic rings. The van der Waals surface area contributed by atoms with Crippen molar-refractivity contribution in [1.82, 2.24) is 0 Å². The summed E-state index contributed by atoms with van der Waals surface area (Å²) in [5, 5.41) is 0. The predicted molar refractivity (Wildman–Crippen MR) is 168 cm³/mol. The molecule has 0 amide bonds. The molecule has 0 N–H and O–H groups in total. The van der Waals surface area contributed by atoms with Crippen molar-refractivity contribution in [3.05, 3.63) is 156 Å². The Balaban J connectivity index is 1.32. The van der Waals surface area contributed by atoms with E-state index >= 15 is 0 Å². The lowest BCUT2D eigenvalue weighted by Crippen LogP contribution is -2.67. The summed E-state index contributed by atoms with van der Waals surface area (Å²) in [6.07, 6.45) is 2.78. The molecule has 1 spiro atoms. The summed E-state index contributed by atoms with van der Waals surface area (Å²) in [7, 11) is 0. The second-order valence-electron chi connectivity index (χ2n) is 11.2. The van der Waals surface area contributed by atoms with Gasteiger partial charge in [-0.05, 0) is 34.8 Å². The molecule has 0 bridgehead atoms. The summed E-state index contributed by atoms with van der Waals surface area (Å²) in [5.74, 6) is -1.15. The molecule has 44 heavy (non-hydrogen) atoms. The van der Waals surface area contributed by atoms with E-state index in [9.17, 15) is 0 Å². The molecular weight excluding hydrogens is 552 g/mol. The van der Waals surface area contributed by atoms with Gasteiger partial charge in [0.25, 0.3) is 0 Å². The lowest BCUT2D eigenvalue weighted by molar-refractivity contribution is -0.365. The highest BCUT2D eigenvalue weighted by molar-refractivity contribution is 5.18. The van der Waals surface area contributed by atoms with Crippen molar-refractivity contribution in [3.8, 4) is 0 Å². The summed E-state index contributed by atoms with van der Waals surface area (Å²) < 4.78 is 39.8. The van der Waals surface area contributed by atoms with Crippen LogP contribution in [0.25, 0.3) is 0 Å². The molecule has 4 aromatic rings. The summed E-state index contributed by atoms with van der Waals surface area (Å²) in [6, 6.07) is 40.6. The quantitative estimate of drug-likeness (QED) is 0.155. The molecule has 0 aliphatic carbocycles. The second-order valence-corrected chi connectivity index (χ2v) is 11.2. The van der Waals surface area contributed by atoms with Crippen molar-refractivity contribution in [2.45, 2.75) is 63.1 Å². The third-order valence-electron chi connectivity index (χ3n) is 7.92. The SMILES string of the molecule is C1=CC2(OCC1)O[C@H](COCc1ccccc1)[C@H](OCc1ccccc1)[C@H](OCc1ccccc1)[C@H]2OCc1ccccc1. The van der Waals surface area contributed by atoms with Crippen LogP contribution < -0.4 is 0 Å². The zero-order chi connectivity index (χ0) is 29.9. The van der Waals surface area contributed by atoms with Gasteiger partial charge in [0.2, 0.25) is 5.79 Å².